The fourth-order valence-electron chi connectivity index (χ4n) is 4.33. The molecule has 0 unspecified atom stereocenters. The number of benzene rings is 1. The molecule has 1 fully saturated rings. The van der Waals surface area contributed by atoms with Crippen LogP contribution in [0.2, 0.25) is 0 Å². The third-order valence-corrected chi connectivity index (χ3v) is 5.97. The number of aromatic nitrogens is 3. The van der Waals surface area contributed by atoms with E-state index in [2.05, 4.69) is 20.5 Å². The molecule has 7 nitrogen and oxygen atoms in total. The fourth-order valence-corrected chi connectivity index (χ4v) is 4.33. The Morgan fingerprint density at radius 3 is 2.73 bits per heavy atom. The highest BCUT2D eigenvalue weighted by atomic mass is 19.1. The number of esters is 1. The van der Waals surface area contributed by atoms with Crippen LogP contribution in [0.5, 0.6) is 0 Å². The van der Waals surface area contributed by atoms with Gasteiger partial charge >= 0.3 is 5.97 Å². The number of amides is 1. The van der Waals surface area contributed by atoms with E-state index < -0.39 is 5.60 Å². The largest absolute Gasteiger partial charge is 0.450 e. The standard InChI is InChI=1S/C22H19FN4O3/c23-15-3-1-13(2-4-15)18-11-19(27-26-18)25-20(28)14-5-8-22(9-6-14)17-12-24-10-7-16(17)21(29)30-22/h1-4,7,10-12,14H,5-6,8-9H2,(H2,25,26,27,28)/t14-,22+. The van der Waals surface area contributed by atoms with Crippen molar-refractivity contribution in [3.63, 3.8) is 0 Å². The van der Waals surface area contributed by atoms with Crippen molar-refractivity contribution in [1.29, 1.82) is 0 Å². The third kappa shape index (κ3) is 3.14. The number of fused-ring (bicyclic) bond motifs is 2. The zero-order valence-electron chi connectivity index (χ0n) is 16.0. The van der Waals surface area contributed by atoms with Gasteiger partial charge in [-0.1, -0.05) is 0 Å². The lowest BCUT2D eigenvalue weighted by molar-refractivity contribution is -0.122. The molecule has 1 spiro atoms. The van der Waals surface area contributed by atoms with Gasteiger partial charge in [0, 0.05) is 29.9 Å². The van der Waals surface area contributed by atoms with E-state index >= 15 is 0 Å². The normalized spacial score (nSPS) is 22.6. The van der Waals surface area contributed by atoms with Crippen LogP contribution >= 0.6 is 0 Å². The van der Waals surface area contributed by atoms with Crippen LogP contribution in [0.3, 0.4) is 0 Å². The average molecular weight is 406 g/mol. The summed E-state index contributed by atoms with van der Waals surface area (Å²) in [7, 11) is 0. The predicted octanol–water partition coefficient (Wildman–Crippen LogP) is 3.81. The van der Waals surface area contributed by atoms with Crippen LogP contribution in [-0.2, 0) is 15.1 Å². The number of nitrogens with zero attached hydrogens (tertiary/aromatic N) is 2. The van der Waals surface area contributed by atoms with Gasteiger partial charge in [0.05, 0.1) is 11.3 Å². The van der Waals surface area contributed by atoms with E-state index in [1.54, 1.807) is 36.7 Å². The number of nitrogens with one attached hydrogen (secondary N) is 2. The van der Waals surface area contributed by atoms with Crippen molar-refractivity contribution in [1.82, 2.24) is 15.2 Å². The molecule has 2 aromatic heterocycles. The summed E-state index contributed by atoms with van der Waals surface area (Å²) >= 11 is 0. The summed E-state index contributed by atoms with van der Waals surface area (Å²) in [6.07, 6.45) is 5.64. The van der Waals surface area contributed by atoms with Gasteiger partial charge in [0.25, 0.3) is 0 Å². The molecule has 2 aliphatic rings. The molecule has 2 N–H and O–H groups in total. The summed E-state index contributed by atoms with van der Waals surface area (Å²) in [4.78, 5) is 29.0. The summed E-state index contributed by atoms with van der Waals surface area (Å²) < 4.78 is 18.8. The molecule has 30 heavy (non-hydrogen) atoms. The van der Waals surface area contributed by atoms with Crippen molar-refractivity contribution in [3.8, 4) is 11.3 Å². The van der Waals surface area contributed by atoms with Crippen LogP contribution < -0.4 is 5.32 Å². The number of halogens is 1. The third-order valence-electron chi connectivity index (χ3n) is 5.97. The Morgan fingerprint density at radius 2 is 1.97 bits per heavy atom. The first kappa shape index (κ1) is 18.5. The first-order chi connectivity index (χ1) is 14.5. The molecule has 1 aromatic carbocycles. The van der Waals surface area contributed by atoms with Crippen molar-refractivity contribution in [2.24, 2.45) is 5.92 Å². The number of H-pyrrole nitrogens is 1. The highest BCUT2D eigenvalue weighted by Gasteiger charge is 2.48. The van der Waals surface area contributed by atoms with Gasteiger partial charge in [-0.25, -0.2) is 9.18 Å². The fraction of sp³-hybridized carbons (Fsp3) is 0.273. The van der Waals surface area contributed by atoms with Crippen LogP contribution in [0.1, 0.15) is 41.6 Å². The number of anilines is 1. The van der Waals surface area contributed by atoms with Gasteiger partial charge in [0.1, 0.15) is 11.4 Å². The lowest BCUT2D eigenvalue weighted by Gasteiger charge is -2.35. The Kier molecular flexibility index (Phi) is 4.34. The molecule has 1 amide bonds. The zero-order valence-corrected chi connectivity index (χ0v) is 16.0. The summed E-state index contributed by atoms with van der Waals surface area (Å²) in [6, 6.07) is 9.43. The first-order valence-corrected chi connectivity index (χ1v) is 9.84. The second kappa shape index (κ2) is 7.05. The molecule has 152 valence electrons. The van der Waals surface area contributed by atoms with Gasteiger partial charge < -0.3 is 10.1 Å². The SMILES string of the molecule is O=C1O[C@]2(CC[C@@H](C(=O)Nc3cc(-c4ccc(F)cc4)[nH]n3)CC2)c2cnccc21. The Hall–Kier alpha value is -3.55. The molecule has 1 aliphatic heterocycles. The molecule has 0 bridgehead atoms. The summed E-state index contributed by atoms with van der Waals surface area (Å²) in [5, 5.41) is 9.83. The molecule has 1 saturated carbocycles. The van der Waals surface area contributed by atoms with E-state index in [-0.39, 0.29) is 23.6 Å². The molecule has 8 heteroatoms. The number of carbonyl (C=O) groups excluding carboxylic acids is 2. The minimum Gasteiger partial charge on any atom is -0.450 e. The maximum Gasteiger partial charge on any atom is 0.339 e. The first-order valence-electron chi connectivity index (χ1n) is 9.84. The zero-order chi connectivity index (χ0) is 20.7. The Labute approximate surface area is 171 Å². The summed E-state index contributed by atoms with van der Waals surface area (Å²) in [5.74, 6) is -0.520. The Balaban J connectivity index is 1.24. The van der Waals surface area contributed by atoms with E-state index in [0.717, 1.165) is 11.1 Å². The molecule has 5 rings (SSSR count). The van der Waals surface area contributed by atoms with Crippen LogP contribution in [0.4, 0.5) is 10.2 Å². The Bertz CT molecular complexity index is 1120. The van der Waals surface area contributed by atoms with E-state index in [1.807, 2.05) is 0 Å². The van der Waals surface area contributed by atoms with Gasteiger partial charge in [0.15, 0.2) is 5.82 Å². The molecule has 1 aliphatic carbocycles. The second-order valence-electron chi connectivity index (χ2n) is 7.74. The van der Waals surface area contributed by atoms with E-state index in [1.165, 1.54) is 12.1 Å². The highest BCUT2D eigenvalue weighted by molar-refractivity contribution is 5.95. The highest BCUT2D eigenvalue weighted by Crippen LogP contribution is 2.47. The van der Waals surface area contributed by atoms with Gasteiger partial charge in [-0.3, -0.25) is 14.9 Å². The molecular formula is C22H19FN4O3. The molecular weight excluding hydrogens is 387 g/mol. The number of carbonyl (C=O) groups is 2. The van der Waals surface area contributed by atoms with Crippen LogP contribution in [0, 0.1) is 11.7 Å². The van der Waals surface area contributed by atoms with E-state index in [9.17, 15) is 14.0 Å². The summed E-state index contributed by atoms with van der Waals surface area (Å²) in [6.45, 7) is 0. The minimum atomic E-state index is -0.667. The van der Waals surface area contributed by atoms with E-state index in [4.69, 9.17) is 4.74 Å². The minimum absolute atomic E-state index is 0.113. The van der Waals surface area contributed by atoms with Crippen LogP contribution in [0.15, 0.2) is 48.8 Å². The van der Waals surface area contributed by atoms with Crippen molar-refractivity contribution >= 4 is 17.7 Å². The average Bonchev–Trinajstić information content (AvgIpc) is 3.33. The molecule has 0 atom stereocenters. The molecule has 0 saturated heterocycles. The van der Waals surface area contributed by atoms with Gasteiger partial charge in [-0.2, -0.15) is 5.10 Å². The number of hydrogen-bond acceptors (Lipinski definition) is 5. The van der Waals surface area contributed by atoms with E-state index in [0.29, 0.717) is 42.8 Å². The lowest BCUT2D eigenvalue weighted by atomic mass is 9.75. The quantitative estimate of drug-likeness (QED) is 0.645. The number of aromatic amines is 1. The van der Waals surface area contributed by atoms with Crippen molar-refractivity contribution < 1.29 is 18.7 Å². The van der Waals surface area contributed by atoms with Crippen molar-refractivity contribution in [2.75, 3.05) is 5.32 Å². The molecule has 3 heterocycles. The second-order valence-corrected chi connectivity index (χ2v) is 7.74. The Morgan fingerprint density at radius 1 is 1.20 bits per heavy atom. The van der Waals surface area contributed by atoms with Crippen LogP contribution in [0.25, 0.3) is 11.3 Å². The van der Waals surface area contributed by atoms with Crippen LogP contribution in [-0.4, -0.2) is 27.1 Å². The number of rotatable bonds is 3. The van der Waals surface area contributed by atoms with Gasteiger partial charge in [0.2, 0.25) is 5.91 Å². The van der Waals surface area contributed by atoms with Crippen molar-refractivity contribution in [3.05, 3.63) is 65.7 Å². The van der Waals surface area contributed by atoms with Gasteiger partial charge in [-0.05, 0) is 61.6 Å². The van der Waals surface area contributed by atoms with Gasteiger partial charge in [-0.15, -0.1) is 0 Å². The molecule has 3 aromatic rings. The van der Waals surface area contributed by atoms with Crippen molar-refractivity contribution in [2.45, 2.75) is 31.3 Å². The maximum absolute atomic E-state index is 13.1. The monoisotopic (exact) mass is 406 g/mol. The predicted molar refractivity (Wildman–Crippen MR) is 106 cm³/mol. The number of ether oxygens (including phenoxy) is 1. The maximum atomic E-state index is 13.1. The number of pyridine rings is 1. The summed E-state index contributed by atoms with van der Waals surface area (Å²) in [5.41, 5.74) is 2.19. The molecule has 0 radical (unpaired) electrons. The number of hydrogen-bond donors (Lipinski definition) is 2. The lowest BCUT2D eigenvalue weighted by Crippen LogP contribution is -2.36. The smallest absolute Gasteiger partial charge is 0.339 e. The topological polar surface area (TPSA) is 97.0 Å².